The largest absolute Gasteiger partial charge is 0.465 e. The normalized spacial score (nSPS) is 14.6. The molecule has 1 N–H and O–H groups in total. The van der Waals surface area contributed by atoms with Gasteiger partial charge in [0.2, 0.25) is 5.91 Å². The smallest absolute Gasteiger partial charge is 0.341 e. The second kappa shape index (κ2) is 6.39. The lowest BCUT2D eigenvalue weighted by Crippen LogP contribution is -2.19. The molecule has 0 bridgehead atoms. The molecule has 4 nitrogen and oxygen atoms in total. The first kappa shape index (κ1) is 15.0. The highest BCUT2D eigenvalue weighted by molar-refractivity contribution is 7.17. The van der Waals surface area contributed by atoms with Gasteiger partial charge in [-0.3, -0.25) is 4.79 Å². The molecule has 1 aromatic rings. The highest BCUT2D eigenvalue weighted by Crippen LogP contribution is 2.38. The molecular formula is C15H21NO3S. The SMILES string of the molecule is COC(=O)c1c(NC(=O)C(C)C)sc2c1CCCCC2. The van der Waals surface area contributed by atoms with E-state index in [0.717, 1.165) is 31.2 Å². The number of amides is 1. The van der Waals surface area contributed by atoms with Crippen LogP contribution in [0.4, 0.5) is 5.00 Å². The predicted molar refractivity (Wildman–Crippen MR) is 80.4 cm³/mol. The fraction of sp³-hybridized carbons (Fsp3) is 0.600. The van der Waals surface area contributed by atoms with Crippen molar-refractivity contribution in [2.45, 2.75) is 46.0 Å². The van der Waals surface area contributed by atoms with Gasteiger partial charge in [0.15, 0.2) is 0 Å². The summed E-state index contributed by atoms with van der Waals surface area (Å²) in [4.78, 5) is 25.2. The Bertz CT molecular complexity index is 519. The summed E-state index contributed by atoms with van der Waals surface area (Å²) in [6, 6.07) is 0. The Morgan fingerprint density at radius 1 is 1.20 bits per heavy atom. The van der Waals surface area contributed by atoms with Gasteiger partial charge in [-0.1, -0.05) is 20.3 Å². The lowest BCUT2D eigenvalue weighted by atomic mass is 10.1. The van der Waals surface area contributed by atoms with E-state index in [-0.39, 0.29) is 17.8 Å². The van der Waals surface area contributed by atoms with Gasteiger partial charge in [0.05, 0.1) is 12.7 Å². The molecule has 0 atom stereocenters. The van der Waals surface area contributed by atoms with Crippen molar-refractivity contribution in [3.8, 4) is 0 Å². The number of carbonyl (C=O) groups excluding carboxylic acids is 2. The summed E-state index contributed by atoms with van der Waals surface area (Å²) in [5.41, 5.74) is 1.65. The average Bonchev–Trinajstić information content (AvgIpc) is 2.59. The number of fused-ring (bicyclic) bond motifs is 1. The van der Waals surface area contributed by atoms with E-state index in [9.17, 15) is 9.59 Å². The van der Waals surface area contributed by atoms with Crippen molar-refractivity contribution >= 4 is 28.2 Å². The summed E-state index contributed by atoms with van der Waals surface area (Å²) < 4.78 is 4.90. The highest BCUT2D eigenvalue weighted by Gasteiger charge is 2.26. The van der Waals surface area contributed by atoms with Gasteiger partial charge in [0.25, 0.3) is 0 Å². The number of esters is 1. The molecule has 0 saturated carbocycles. The van der Waals surface area contributed by atoms with Gasteiger partial charge in [0.1, 0.15) is 5.00 Å². The van der Waals surface area contributed by atoms with Crippen LogP contribution in [0.5, 0.6) is 0 Å². The second-order valence-electron chi connectivity index (χ2n) is 5.40. The Balaban J connectivity index is 2.40. The van der Waals surface area contributed by atoms with E-state index >= 15 is 0 Å². The van der Waals surface area contributed by atoms with E-state index in [1.54, 1.807) is 0 Å². The van der Waals surface area contributed by atoms with E-state index in [1.165, 1.54) is 29.7 Å². The van der Waals surface area contributed by atoms with Gasteiger partial charge in [-0.2, -0.15) is 0 Å². The number of ether oxygens (including phenoxy) is 1. The van der Waals surface area contributed by atoms with Gasteiger partial charge < -0.3 is 10.1 Å². The average molecular weight is 295 g/mol. The van der Waals surface area contributed by atoms with Crippen LogP contribution in [0, 0.1) is 5.92 Å². The Kier molecular flexibility index (Phi) is 4.81. The zero-order chi connectivity index (χ0) is 14.7. The molecule has 1 aliphatic carbocycles. The molecule has 20 heavy (non-hydrogen) atoms. The Morgan fingerprint density at radius 3 is 2.55 bits per heavy atom. The first-order valence-corrected chi connectivity index (χ1v) is 7.90. The number of hydrogen-bond acceptors (Lipinski definition) is 4. The third-order valence-electron chi connectivity index (χ3n) is 3.57. The first-order valence-electron chi connectivity index (χ1n) is 7.08. The maximum atomic E-state index is 12.1. The van der Waals surface area contributed by atoms with Crippen LogP contribution in [0.3, 0.4) is 0 Å². The molecule has 1 aromatic heterocycles. The first-order chi connectivity index (χ1) is 9.54. The molecule has 0 radical (unpaired) electrons. The number of rotatable bonds is 3. The maximum Gasteiger partial charge on any atom is 0.341 e. The molecule has 2 rings (SSSR count). The number of nitrogens with one attached hydrogen (secondary N) is 1. The summed E-state index contributed by atoms with van der Waals surface area (Å²) in [7, 11) is 1.39. The summed E-state index contributed by atoms with van der Waals surface area (Å²) in [6.45, 7) is 3.68. The quantitative estimate of drug-likeness (QED) is 0.687. The molecule has 1 heterocycles. The number of hydrogen-bond donors (Lipinski definition) is 1. The van der Waals surface area contributed by atoms with E-state index in [1.807, 2.05) is 13.8 Å². The summed E-state index contributed by atoms with van der Waals surface area (Å²) in [6.07, 6.45) is 5.31. The van der Waals surface area contributed by atoms with Gasteiger partial charge in [-0.25, -0.2) is 4.79 Å². The fourth-order valence-electron chi connectivity index (χ4n) is 2.40. The maximum absolute atomic E-state index is 12.1. The van der Waals surface area contributed by atoms with Gasteiger partial charge >= 0.3 is 5.97 Å². The summed E-state index contributed by atoms with van der Waals surface area (Å²) in [5.74, 6) is -0.516. The summed E-state index contributed by atoms with van der Waals surface area (Å²) in [5, 5.41) is 3.54. The van der Waals surface area contributed by atoms with Crippen molar-refractivity contribution in [2.75, 3.05) is 12.4 Å². The molecular weight excluding hydrogens is 274 g/mol. The van der Waals surface area contributed by atoms with Crippen molar-refractivity contribution < 1.29 is 14.3 Å². The van der Waals surface area contributed by atoms with Crippen LogP contribution in [0.2, 0.25) is 0 Å². The van der Waals surface area contributed by atoms with Crippen LogP contribution in [-0.4, -0.2) is 19.0 Å². The number of anilines is 1. The van der Waals surface area contributed by atoms with E-state index in [2.05, 4.69) is 5.32 Å². The Labute approximate surface area is 123 Å². The number of thiophene rings is 1. The highest BCUT2D eigenvalue weighted by atomic mass is 32.1. The minimum Gasteiger partial charge on any atom is -0.465 e. The second-order valence-corrected chi connectivity index (χ2v) is 6.51. The van der Waals surface area contributed by atoms with Gasteiger partial charge in [-0.15, -0.1) is 11.3 Å². The third kappa shape index (κ3) is 3.03. The molecule has 0 saturated heterocycles. The van der Waals surface area contributed by atoms with E-state index < -0.39 is 0 Å². The molecule has 110 valence electrons. The van der Waals surface area contributed by atoms with Crippen molar-refractivity contribution in [2.24, 2.45) is 5.92 Å². The van der Waals surface area contributed by atoms with Crippen LogP contribution in [-0.2, 0) is 22.4 Å². The zero-order valence-electron chi connectivity index (χ0n) is 12.2. The van der Waals surface area contributed by atoms with Crippen LogP contribution < -0.4 is 5.32 Å². The molecule has 0 aromatic carbocycles. The van der Waals surface area contributed by atoms with Crippen molar-refractivity contribution in [3.63, 3.8) is 0 Å². The van der Waals surface area contributed by atoms with Crippen molar-refractivity contribution in [1.29, 1.82) is 0 Å². The lowest BCUT2D eigenvalue weighted by molar-refractivity contribution is -0.118. The summed E-state index contributed by atoms with van der Waals surface area (Å²) >= 11 is 1.53. The minimum absolute atomic E-state index is 0.0634. The predicted octanol–water partition coefficient (Wildman–Crippen LogP) is 3.40. The third-order valence-corrected chi connectivity index (χ3v) is 4.78. The zero-order valence-corrected chi connectivity index (χ0v) is 13.1. The fourth-order valence-corrected chi connectivity index (χ4v) is 3.69. The number of methoxy groups -OCH3 is 1. The van der Waals surface area contributed by atoms with Crippen LogP contribution in [0.25, 0.3) is 0 Å². The Hall–Kier alpha value is -1.36. The molecule has 0 spiro atoms. The number of aryl methyl sites for hydroxylation is 1. The van der Waals surface area contributed by atoms with Crippen LogP contribution in [0.15, 0.2) is 0 Å². The van der Waals surface area contributed by atoms with Gasteiger partial charge in [-0.05, 0) is 31.2 Å². The minimum atomic E-state index is -0.344. The Morgan fingerprint density at radius 2 is 1.90 bits per heavy atom. The topological polar surface area (TPSA) is 55.4 Å². The number of carbonyl (C=O) groups is 2. The monoisotopic (exact) mass is 295 g/mol. The van der Waals surface area contributed by atoms with E-state index in [4.69, 9.17) is 4.74 Å². The molecule has 0 unspecified atom stereocenters. The van der Waals surface area contributed by atoms with Crippen molar-refractivity contribution in [3.05, 3.63) is 16.0 Å². The van der Waals surface area contributed by atoms with Gasteiger partial charge in [0, 0.05) is 10.8 Å². The lowest BCUT2D eigenvalue weighted by Gasteiger charge is -2.08. The van der Waals surface area contributed by atoms with Crippen LogP contribution >= 0.6 is 11.3 Å². The molecule has 1 aliphatic rings. The van der Waals surface area contributed by atoms with Crippen LogP contribution in [0.1, 0.15) is 53.9 Å². The standard InChI is InChI=1S/C15H21NO3S/c1-9(2)13(17)16-14-12(15(18)19-3)10-7-5-4-6-8-11(10)20-14/h9H,4-8H2,1-3H3,(H,16,17). The van der Waals surface area contributed by atoms with Crippen molar-refractivity contribution in [1.82, 2.24) is 0 Å². The van der Waals surface area contributed by atoms with E-state index in [0.29, 0.717) is 10.6 Å². The molecule has 5 heteroatoms. The molecule has 1 amide bonds. The molecule has 0 fully saturated rings. The molecule has 0 aliphatic heterocycles.